The van der Waals surface area contributed by atoms with E-state index < -0.39 is 11.2 Å². The number of fused-ring (bicyclic) bond motifs is 2. The molecule has 4 rings (SSSR count). The highest BCUT2D eigenvalue weighted by Gasteiger charge is 2.64. The number of hydrogen-bond acceptors (Lipinski definition) is 3. The second kappa shape index (κ2) is 3.50. The van der Waals surface area contributed by atoms with Gasteiger partial charge in [0, 0.05) is 5.92 Å². The Kier molecular flexibility index (Phi) is 2.51. The molecule has 104 valence electrons. The van der Waals surface area contributed by atoms with Crippen LogP contribution < -0.4 is 0 Å². The van der Waals surface area contributed by atoms with Crippen molar-refractivity contribution < 1.29 is 14.9 Å². The fourth-order valence-corrected chi connectivity index (χ4v) is 4.99. The highest BCUT2D eigenvalue weighted by molar-refractivity contribution is 5.14. The van der Waals surface area contributed by atoms with Crippen LogP contribution in [0.1, 0.15) is 53.4 Å². The number of ether oxygens (including phenoxy) is 1. The van der Waals surface area contributed by atoms with Gasteiger partial charge in [-0.3, -0.25) is 0 Å². The Labute approximate surface area is 110 Å². The zero-order chi connectivity index (χ0) is 13.3. The summed E-state index contributed by atoms with van der Waals surface area (Å²) in [5, 5.41) is 21.4. The van der Waals surface area contributed by atoms with Crippen molar-refractivity contribution in [1.82, 2.24) is 0 Å². The fourth-order valence-electron chi connectivity index (χ4n) is 4.99. The summed E-state index contributed by atoms with van der Waals surface area (Å²) in [5.74, 6) is 1.05. The van der Waals surface area contributed by atoms with E-state index in [4.69, 9.17) is 4.74 Å². The molecule has 2 aliphatic carbocycles. The summed E-state index contributed by atoms with van der Waals surface area (Å²) < 4.78 is 6.31. The fraction of sp³-hybridized carbons (Fsp3) is 1.00. The van der Waals surface area contributed by atoms with Crippen molar-refractivity contribution in [2.45, 2.75) is 76.3 Å². The third kappa shape index (κ3) is 1.47. The van der Waals surface area contributed by atoms with Crippen LogP contribution in [0.5, 0.6) is 0 Å². The average Bonchev–Trinajstić information content (AvgIpc) is 2.39. The van der Waals surface area contributed by atoms with Crippen LogP contribution in [0.2, 0.25) is 0 Å². The van der Waals surface area contributed by atoms with E-state index in [1.165, 1.54) is 0 Å². The molecule has 3 nitrogen and oxygen atoms in total. The molecule has 2 N–H and O–H groups in total. The number of aliphatic hydroxyl groups is 2. The first-order valence-electron chi connectivity index (χ1n) is 7.29. The van der Waals surface area contributed by atoms with Crippen LogP contribution >= 0.6 is 0 Å². The summed E-state index contributed by atoms with van der Waals surface area (Å²) in [4.78, 5) is 0. The molecule has 18 heavy (non-hydrogen) atoms. The van der Waals surface area contributed by atoms with E-state index in [0.717, 1.165) is 25.7 Å². The van der Waals surface area contributed by atoms with E-state index in [2.05, 4.69) is 13.8 Å². The molecule has 3 heteroatoms. The van der Waals surface area contributed by atoms with Crippen molar-refractivity contribution in [2.75, 3.05) is 0 Å². The topological polar surface area (TPSA) is 49.7 Å². The van der Waals surface area contributed by atoms with Gasteiger partial charge in [0.1, 0.15) is 0 Å². The predicted octanol–water partition coefficient (Wildman–Crippen LogP) is 2.10. The predicted molar refractivity (Wildman–Crippen MR) is 69.1 cm³/mol. The Balaban J connectivity index is 2.07. The second-order valence-corrected chi connectivity index (χ2v) is 7.63. The molecule has 0 aromatic heterocycles. The van der Waals surface area contributed by atoms with Crippen LogP contribution in [0.25, 0.3) is 0 Å². The maximum Gasteiger partial charge on any atom is 0.0934 e. The highest BCUT2D eigenvalue weighted by atomic mass is 16.5. The summed E-state index contributed by atoms with van der Waals surface area (Å²) in [7, 11) is 0. The van der Waals surface area contributed by atoms with E-state index in [0.29, 0.717) is 11.8 Å². The normalized spacial score (nSPS) is 58.3. The lowest BCUT2D eigenvalue weighted by atomic mass is 9.74. The molecule has 2 heterocycles. The van der Waals surface area contributed by atoms with E-state index in [-0.39, 0.29) is 17.6 Å². The van der Waals surface area contributed by atoms with Crippen molar-refractivity contribution in [2.24, 2.45) is 17.8 Å². The molecule has 2 saturated heterocycles. The van der Waals surface area contributed by atoms with Crippen molar-refractivity contribution in [3.05, 3.63) is 0 Å². The van der Waals surface area contributed by atoms with Gasteiger partial charge in [-0.25, -0.2) is 0 Å². The van der Waals surface area contributed by atoms with Crippen molar-refractivity contribution in [3.8, 4) is 0 Å². The quantitative estimate of drug-likeness (QED) is 0.696. The van der Waals surface area contributed by atoms with Gasteiger partial charge in [0.2, 0.25) is 0 Å². The summed E-state index contributed by atoms with van der Waals surface area (Å²) in [6.07, 6.45) is 3.01. The maximum absolute atomic E-state index is 11.0. The monoisotopic (exact) mass is 254 g/mol. The first-order chi connectivity index (χ1) is 8.19. The van der Waals surface area contributed by atoms with Gasteiger partial charge in [-0.15, -0.1) is 0 Å². The third-order valence-electron chi connectivity index (χ3n) is 6.14. The minimum Gasteiger partial charge on any atom is -0.393 e. The summed E-state index contributed by atoms with van der Waals surface area (Å²) in [6.45, 7) is 8.35. The lowest BCUT2D eigenvalue weighted by Crippen LogP contribution is -2.59. The lowest BCUT2D eigenvalue weighted by molar-refractivity contribution is -0.261. The van der Waals surface area contributed by atoms with Gasteiger partial charge in [0.15, 0.2) is 0 Å². The molecular weight excluding hydrogens is 228 g/mol. The molecule has 0 spiro atoms. The van der Waals surface area contributed by atoms with Gasteiger partial charge in [0.05, 0.1) is 22.9 Å². The Hall–Kier alpha value is -0.120. The molecule has 0 aromatic rings. The van der Waals surface area contributed by atoms with Crippen molar-refractivity contribution >= 4 is 0 Å². The number of aliphatic hydroxyl groups excluding tert-OH is 1. The maximum atomic E-state index is 11.0. The average molecular weight is 254 g/mol. The zero-order valence-electron chi connectivity index (χ0n) is 11.9. The third-order valence-corrected chi connectivity index (χ3v) is 6.14. The van der Waals surface area contributed by atoms with Gasteiger partial charge in [-0.2, -0.15) is 0 Å². The molecule has 2 aliphatic heterocycles. The molecule has 2 saturated carbocycles. The first kappa shape index (κ1) is 12.9. The van der Waals surface area contributed by atoms with E-state index in [1.54, 1.807) is 0 Å². The molecule has 0 aromatic carbocycles. The zero-order valence-corrected chi connectivity index (χ0v) is 11.9. The molecule has 2 bridgehead atoms. The molecule has 4 fully saturated rings. The molecule has 0 amide bonds. The number of rotatable bonds is 0. The molecule has 4 aliphatic rings. The molecule has 0 unspecified atom stereocenters. The van der Waals surface area contributed by atoms with Crippen LogP contribution in [0, 0.1) is 17.8 Å². The Morgan fingerprint density at radius 2 is 1.83 bits per heavy atom. The van der Waals surface area contributed by atoms with Crippen LogP contribution in [-0.2, 0) is 4.74 Å². The molecule has 6 atom stereocenters. The number of hydrogen-bond donors (Lipinski definition) is 2. The Morgan fingerprint density at radius 3 is 2.44 bits per heavy atom. The van der Waals surface area contributed by atoms with Gasteiger partial charge in [-0.1, -0.05) is 6.92 Å². The first-order valence-corrected chi connectivity index (χ1v) is 7.29. The van der Waals surface area contributed by atoms with Crippen LogP contribution in [0.3, 0.4) is 0 Å². The SMILES string of the molecule is C[C@H]1C[C@@H](O)[C@H]2[C@H]1C[C@@]1(O)CC[C@@]2(C)OC1(C)C. The summed E-state index contributed by atoms with van der Waals surface area (Å²) in [5.41, 5.74) is -1.52. The van der Waals surface area contributed by atoms with Gasteiger partial charge in [-0.05, 0) is 58.3 Å². The lowest BCUT2D eigenvalue weighted by Gasteiger charge is -2.52. The minimum absolute atomic E-state index is 0.184. The van der Waals surface area contributed by atoms with E-state index in [9.17, 15) is 10.2 Å². The Morgan fingerprint density at radius 1 is 1.17 bits per heavy atom. The standard InChI is InChI=1S/C15H26O3/c1-9-7-11(16)12-10(9)8-15(17)6-5-14(12,4)18-13(15,2)3/h9-12,16-17H,5-8H2,1-4H3/t9-,10-,11+,12+,14+,15-/m0/s1. The van der Waals surface area contributed by atoms with Gasteiger partial charge >= 0.3 is 0 Å². The minimum atomic E-state index is -0.732. The van der Waals surface area contributed by atoms with Crippen molar-refractivity contribution in [1.29, 1.82) is 0 Å². The van der Waals surface area contributed by atoms with E-state index >= 15 is 0 Å². The van der Waals surface area contributed by atoms with Crippen LogP contribution in [0.15, 0.2) is 0 Å². The van der Waals surface area contributed by atoms with Crippen LogP contribution in [-0.4, -0.2) is 33.1 Å². The summed E-state index contributed by atoms with van der Waals surface area (Å²) >= 11 is 0. The summed E-state index contributed by atoms with van der Waals surface area (Å²) in [6, 6.07) is 0. The highest BCUT2D eigenvalue weighted by Crippen LogP contribution is 2.59. The van der Waals surface area contributed by atoms with Gasteiger partial charge in [0.25, 0.3) is 0 Å². The smallest absolute Gasteiger partial charge is 0.0934 e. The van der Waals surface area contributed by atoms with Crippen molar-refractivity contribution in [3.63, 3.8) is 0 Å². The van der Waals surface area contributed by atoms with Gasteiger partial charge < -0.3 is 14.9 Å². The van der Waals surface area contributed by atoms with Crippen LogP contribution in [0.4, 0.5) is 0 Å². The molecule has 0 radical (unpaired) electrons. The van der Waals surface area contributed by atoms with E-state index in [1.807, 2.05) is 13.8 Å². The largest absolute Gasteiger partial charge is 0.393 e. The second-order valence-electron chi connectivity index (χ2n) is 7.63. The Bertz CT molecular complexity index is 367. The molecular formula is C15H26O3.